The average Bonchev–Trinajstić information content (AvgIpc) is 1.94. The molecule has 4 heteroatoms. The third kappa shape index (κ3) is 1.66. The molecule has 1 aromatic rings. The number of nitrogens with zero attached hydrogens (tertiary/aromatic N) is 1. The summed E-state index contributed by atoms with van der Waals surface area (Å²) < 4.78 is 0. The Morgan fingerprint density at radius 3 is 2.73 bits per heavy atom. The van der Waals surface area contributed by atoms with E-state index in [1.165, 1.54) is 6.20 Å². The van der Waals surface area contributed by atoms with E-state index >= 15 is 0 Å². The lowest BCUT2D eigenvalue weighted by molar-refractivity contribution is 0.186. The van der Waals surface area contributed by atoms with Gasteiger partial charge < -0.3 is 16.6 Å². The third-order valence-electron chi connectivity index (χ3n) is 1.49. The molecule has 1 atom stereocenters. The Morgan fingerprint density at radius 1 is 1.64 bits per heavy atom. The highest BCUT2D eigenvalue weighted by molar-refractivity contribution is 5.44. The Morgan fingerprint density at radius 2 is 2.27 bits per heavy atom. The summed E-state index contributed by atoms with van der Waals surface area (Å²) in [6.07, 6.45) is 0.515. The lowest BCUT2D eigenvalue weighted by Crippen LogP contribution is -2.09. The standard InChI is InChI=1S/C7H11N3O/c1-4-6(8)2-5(3-10-4)7(9)11/h2-3,7,11H,8-9H2,1H3. The van der Waals surface area contributed by atoms with Gasteiger partial charge in [-0.2, -0.15) is 0 Å². The van der Waals surface area contributed by atoms with Gasteiger partial charge in [0, 0.05) is 11.8 Å². The maximum atomic E-state index is 8.92. The van der Waals surface area contributed by atoms with Crippen molar-refractivity contribution in [2.24, 2.45) is 5.73 Å². The molecule has 1 aromatic heterocycles. The minimum Gasteiger partial charge on any atom is -0.397 e. The lowest BCUT2D eigenvalue weighted by Gasteiger charge is -2.05. The molecule has 0 spiro atoms. The van der Waals surface area contributed by atoms with Crippen molar-refractivity contribution in [3.63, 3.8) is 0 Å². The average molecular weight is 153 g/mol. The Labute approximate surface area is 64.9 Å². The van der Waals surface area contributed by atoms with E-state index in [9.17, 15) is 0 Å². The highest BCUT2D eigenvalue weighted by atomic mass is 16.3. The summed E-state index contributed by atoms with van der Waals surface area (Å²) in [6.45, 7) is 1.79. The highest BCUT2D eigenvalue weighted by Gasteiger charge is 2.02. The van der Waals surface area contributed by atoms with E-state index in [0.717, 1.165) is 5.69 Å². The fraction of sp³-hybridized carbons (Fsp3) is 0.286. The van der Waals surface area contributed by atoms with E-state index in [1.54, 1.807) is 13.0 Å². The van der Waals surface area contributed by atoms with E-state index in [2.05, 4.69) is 4.98 Å². The van der Waals surface area contributed by atoms with Gasteiger partial charge in [0.05, 0.1) is 11.4 Å². The minimum absolute atomic E-state index is 0.535. The first-order chi connectivity index (χ1) is 5.11. The zero-order chi connectivity index (χ0) is 8.43. The molecule has 1 unspecified atom stereocenters. The van der Waals surface area contributed by atoms with Gasteiger partial charge in [0.2, 0.25) is 0 Å². The Bertz CT molecular complexity index is 260. The second-order valence-corrected chi connectivity index (χ2v) is 2.39. The second-order valence-electron chi connectivity index (χ2n) is 2.39. The van der Waals surface area contributed by atoms with Crippen LogP contribution in [0.3, 0.4) is 0 Å². The van der Waals surface area contributed by atoms with Crippen molar-refractivity contribution in [2.45, 2.75) is 13.2 Å². The van der Waals surface area contributed by atoms with Gasteiger partial charge >= 0.3 is 0 Å². The molecule has 60 valence electrons. The molecule has 0 bridgehead atoms. The lowest BCUT2D eigenvalue weighted by atomic mass is 10.2. The third-order valence-corrected chi connectivity index (χ3v) is 1.49. The number of hydrogen-bond donors (Lipinski definition) is 3. The predicted molar refractivity (Wildman–Crippen MR) is 42.5 cm³/mol. The highest BCUT2D eigenvalue weighted by Crippen LogP contribution is 2.12. The summed E-state index contributed by atoms with van der Waals surface area (Å²) in [6, 6.07) is 1.62. The second kappa shape index (κ2) is 2.86. The zero-order valence-corrected chi connectivity index (χ0v) is 6.28. The number of rotatable bonds is 1. The monoisotopic (exact) mass is 153 g/mol. The van der Waals surface area contributed by atoms with Crippen molar-refractivity contribution < 1.29 is 5.11 Å². The number of aromatic nitrogens is 1. The normalized spacial score (nSPS) is 13.0. The van der Waals surface area contributed by atoms with Crippen LogP contribution in [0.2, 0.25) is 0 Å². The van der Waals surface area contributed by atoms with E-state index in [4.69, 9.17) is 16.6 Å². The van der Waals surface area contributed by atoms with Crippen molar-refractivity contribution in [3.05, 3.63) is 23.5 Å². The van der Waals surface area contributed by atoms with Crippen LogP contribution in [0.4, 0.5) is 5.69 Å². The SMILES string of the molecule is Cc1ncc(C(N)O)cc1N. The molecule has 11 heavy (non-hydrogen) atoms. The topological polar surface area (TPSA) is 85.2 Å². The molecule has 0 aliphatic carbocycles. The van der Waals surface area contributed by atoms with Crippen molar-refractivity contribution in [1.82, 2.24) is 4.98 Å². The molecule has 0 aromatic carbocycles. The summed E-state index contributed by atoms with van der Waals surface area (Å²) in [5, 5.41) is 8.92. The molecule has 0 saturated carbocycles. The molecule has 0 aliphatic rings. The van der Waals surface area contributed by atoms with Gasteiger partial charge in [-0.05, 0) is 13.0 Å². The maximum Gasteiger partial charge on any atom is 0.130 e. The van der Waals surface area contributed by atoms with Crippen molar-refractivity contribution in [2.75, 3.05) is 5.73 Å². The molecule has 4 nitrogen and oxygen atoms in total. The van der Waals surface area contributed by atoms with Crippen LogP contribution in [-0.2, 0) is 0 Å². The van der Waals surface area contributed by atoms with E-state index in [1.807, 2.05) is 0 Å². The molecule has 1 heterocycles. The molecule has 0 aliphatic heterocycles. The number of nitrogens with two attached hydrogens (primary N) is 2. The molecular weight excluding hydrogens is 142 g/mol. The first-order valence-electron chi connectivity index (χ1n) is 3.27. The Balaban J connectivity index is 3.05. The molecular formula is C7H11N3O. The van der Waals surface area contributed by atoms with Crippen LogP contribution >= 0.6 is 0 Å². The van der Waals surface area contributed by atoms with Gasteiger partial charge in [-0.3, -0.25) is 4.98 Å². The van der Waals surface area contributed by atoms with Gasteiger partial charge in [-0.25, -0.2) is 0 Å². The van der Waals surface area contributed by atoms with Crippen LogP contribution in [0.15, 0.2) is 12.3 Å². The largest absolute Gasteiger partial charge is 0.397 e. The van der Waals surface area contributed by atoms with Gasteiger partial charge in [0.1, 0.15) is 6.23 Å². The molecule has 0 fully saturated rings. The summed E-state index contributed by atoms with van der Waals surface area (Å²) >= 11 is 0. The molecule has 0 radical (unpaired) electrons. The fourth-order valence-electron chi connectivity index (χ4n) is 0.729. The van der Waals surface area contributed by atoms with Crippen LogP contribution in [0.5, 0.6) is 0 Å². The van der Waals surface area contributed by atoms with Gasteiger partial charge in [-0.15, -0.1) is 0 Å². The Kier molecular flexibility index (Phi) is 2.07. The van der Waals surface area contributed by atoms with Gasteiger partial charge in [-0.1, -0.05) is 0 Å². The summed E-state index contributed by atoms with van der Waals surface area (Å²) in [4.78, 5) is 3.93. The quantitative estimate of drug-likeness (QED) is 0.493. The van der Waals surface area contributed by atoms with Crippen molar-refractivity contribution in [1.29, 1.82) is 0 Å². The molecule has 1 rings (SSSR count). The molecule has 0 amide bonds. The number of aryl methyl sites for hydroxylation is 1. The zero-order valence-electron chi connectivity index (χ0n) is 6.28. The molecule has 5 N–H and O–H groups in total. The first kappa shape index (κ1) is 7.97. The first-order valence-corrected chi connectivity index (χ1v) is 3.27. The number of anilines is 1. The van der Waals surface area contributed by atoms with Crippen LogP contribution in [0, 0.1) is 6.92 Å². The smallest absolute Gasteiger partial charge is 0.130 e. The van der Waals surface area contributed by atoms with Crippen molar-refractivity contribution in [3.8, 4) is 0 Å². The van der Waals surface area contributed by atoms with E-state index in [0.29, 0.717) is 11.3 Å². The van der Waals surface area contributed by atoms with Crippen LogP contribution < -0.4 is 11.5 Å². The summed E-state index contributed by atoms with van der Waals surface area (Å²) in [5.41, 5.74) is 12.6. The van der Waals surface area contributed by atoms with Gasteiger partial charge in [0.15, 0.2) is 0 Å². The van der Waals surface area contributed by atoms with E-state index in [-0.39, 0.29) is 0 Å². The number of aliphatic hydroxyl groups is 1. The Hall–Kier alpha value is -1.13. The van der Waals surface area contributed by atoms with Crippen LogP contribution in [-0.4, -0.2) is 10.1 Å². The van der Waals surface area contributed by atoms with Crippen molar-refractivity contribution >= 4 is 5.69 Å². The fourth-order valence-corrected chi connectivity index (χ4v) is 0.729. The van der Waals surface area contributed by atoms with Gasteiger partial charge in [0.25, 0.3) is 0 Å². The minimum atomic E-state index is -0.995. The maximum absolute atomic E-state index is 8.92. The summed E-state index contributed by atoms with van der Waals surface area (Å²) in [5.74, 6) is 0. The number of pyridine rings is 1. The van der Waals surface area contributed by atoms with Crippen LogP contribution in [0.1, 0.15) is 17.5 Å². The number of hydrogen-bond acceptors (Lipinski definition) is 4. The number of nitrogen functional groups attached to an aromatic ring is 1. The number of aliphatic hydroxyl groups excluding tert-OH is 1. The van der Waals surface area contributed by atoms with E-state index < -0.39 is 6.23 Å². The predicted octanol–water partition coefficient (Wildman–Crippen LogP) is -0.0782. The summed E-state index contributed by atoms with van der Waals surface area (Å²) in [7, 11) is 0. The molecule has 0 saturated heterocycles. The van der Waals surface area contributed by atoms with Crippen LogP contribution in [0.25, 0.3) is 0 Å².